The van der Waals surface area contributed by atoms with Crippen LogP contribution < -0.4 is 10.7 Å². The summed E-state index contributed by atoms with van der Waals surface area (Å²) in [7, 11) is 0. The third kappa shape index (κ3) is 3.73. The molecule has 1 saturated heterocycles. The summed E-state index contributed by atoms with van der Waals surface area (Å²) in [5.74, 6) is -1.64. The Morgan fingerprint density at radius 3 is 2.47 bits per heavy atom. The summed E-state index contributed by atoms with van der Waals surface area (Å²) < 4.78 is 5.29. The first-order chi connectivity index (χ1) is 15.2. The molecule has 1 fully saturated rings. The van der Waals surface area contributed by atoms with Crippen LogP contribution >= 0.6 is 11.6 Å². The number of fused-ring (bicyclic) bond motifs is 1. The molecule has 2 heterocycles. The molecule has 0 spiro atoms. The number of piperidine rings is 1. The number of aliphatic carboxylic acids is 1. The molecule has 1 N–H and O–H groups in total. The molecule has 0 radical (unpaired) electrons. The number of amides is 1. The lowest BCUT2D eigenvalue weighted by molar-refractivity contribution is -0.315. The van der Waals surface area contributed by atoms with Gasteiger partial charge in [-0.25, -0.2) is 4.79 Å². The van der Waals surface area contributed by atoms with Crippen LogP contribution in [0.2, 0.25) is 5.02 Å². The van der Waals surface area contributed by atoms with Crippen LogP contribution in [0.25, 0.3) is 11.0 Å². The topological polar surface area (TPSA) is 111 Å². The fraction of sp³-hybridized carbons (Fsp3) is 0.292. The third-order valence-electron chi connectivity index (χ3n) is 6.37. The summed E-state index contributed by atoms with van der Waals surface area (Å²) in [6.07, 6.45) is 0.281. The van der Waals surface area contributed by atoms with Gasteiger partial charge in [0, 0.05) is 30.0 Å². The van der Waals surface area contributed by atoms with E-state index in [0.717, 1.165) is 0 Å². The lowest BCUT2D eigenvalue weighted by Gasteiger charge is -2.43. The highest BCUT2D eigenvalue weighted by Gasteiger charge is 2.38. The molecular formula is C24H21ClNO6-. The molecule has 4 rings (SSSR count). The van der Waals surface area contributed by atoms with Crippen LogP contribution in [0.3, 0.4) is 0 Å². The van der Waals surface area contributed by atoms with Crippen molar-refractivity contribution in [2.45, 2.75) is 31.6 Å². The summed E-state index contributed by atoms with van der Waals surface area (Å²) >= 11 is 5.98. The summed E-state index contributed by atoms with van der Waals surface area (Å²) in [4.78, 5) is 39.0. The predicted molar refractivity (Wildman–Crippen MR) is 117 cm³/mol. The quantitative estimate of drug-likeness (QED) is 0.605. The number of carbonyl (C=O) groups is 2. The number of phenolic OH excluding ortho intramolecular Hbond substituents is 1. The van der Waals surface area contributed by atoms with Gasteiger partial charge in [0.1, 0.15) is 11.3 Å². The van der Waals surface area contributed by atoms with Gasteiger partial charge in [-0.15, -0.1) is 0 Å². The smallest absolute Gasteiger partial charge is 0.340 e. The molecule has 166 valence electrons. The van der Waals surface area contributed by atoms with Gasteiger partial charge >= 0.3 is 5.63 Å². The predicted octanol–water partition coefficient (Wildman–Crippen LogP) is 2.31. The maximum absolute atomic E-state index is 13.0. The summed E-state index contributed by atoms with van der Waals surface area (Å²) in [6, 6.07) is 11.7. The van der Waals surface area contributed by atoms with Gasteiger partial charge in [0.05, 0.1) is 23.0 Å². The summed E-state index contributed by atoms with van der Waals surface area (Å²) in [6.45, 7) is 2.17. The van der Waals surface area contributed by atoms with Crippen molar-refractivity contribution in [2.24, 2.45) is 0 Å². The first kappa shape index (κ1) is 21.9. The molecule has 3 aromatic rings. The van der Waals surface area contributed by atoms with E-state index in [0.29, 0.717) is 16.5 Å². The zero-order valence-corrected chi connectivity index (χ0v) is 18.1. The fourth-order valence-electron chi connectivity index (χ4n) is 4.37. The van der Waals surface area contributed by atoms with Gasteiger partial charge in [-0.2, -0.15) is 0 Å². The highest BCUT2D eigenvalue weighted by molar-refractivity contribution is 6.32. The van der Waals surface area contributed by atoms with Gasteiger partial charge in [0.15, 0.2) is 0 Å². The van der Waals surface area contributed by atoms with Crippen LogP contribution in [0, 0.1) is 6.92 Å². The fourth-order valence-corrected chi connectivity index (χ4v) is 4.53. The second kappa shape index (κ2) is 8.31. The Morgan fingerprint density at radius 1 is 1.19 bits per heavy atom. The Hall–Kier alpha value is -3.32. The van der Waals surface area contributed by atoms with Crippen molar-refractivity contribution >= 4 is 34.4 Å². The zero-order chi connectivity index (χ0) is 23.0. The van der Waals surface area contributed by atoms with Crippen LogP contribution in [0.1, 0.15) is 29.5 Å². The van der Waals surface area contributed by atoms with Gasteiger partial charge < -0.3 is 24.3 Å². The molecule has 0 atom stereocenters. The van der Waals surface area contributed by atoms with Gasteiger partial charge in [0.2, 0.25) is 5.91 Å². The molecule has 1 aliphatic rings. The lowest BCUT2D eigenvalue weighted by atomic mass is 9.73. The van der Waals surface area contributed by atoms with Crippen molar-refractivity contribution in [3.63, 3.8) is 0 Å². The minimum Gasteiger partial charge on any atom is -0.549 e. The van der Waals surface area contributed by atoms with E-state index in [1.54, 1.807) is 36.1 Å². The minimum atomic E-state index is -1.15. The number of aromatic hydroxyl groups is 1. The van der Waals surface area contributed by atoms with E-state index < -0.39 is 17.0 Å². The number of hydrogen-bond donors (Lipinski definition) is 1. The van der Waals surface area contributed by atoms with Crippen LogP contribution in [-0.2, 0) is 21.4 Å². The molecule has 0 saturated carbocycles. The van der Waals surface area contributed by atoms with Crippen molar-refractivity contribution in [1.82, 2.24) is 4.90 Å². The van der Waals surface area contributed by atoms with E-state index in [1.165, 1.54) is 12.1 Å². The summed E-state index contributed by atoms with van der Waals surface area (Å²) in [5, 5.41) is 22.4. The molecule has 1 aliphatic heterocycles. The van der Waals surface area contributed by atoms with Crippen molar-refractivity contribution in [2.75, 3.05) is 13.1 Å². The molecule has 7 nitrogen and oxygen atoms in total. The van der Waals surface area contributed by atoms with Crippen LogP contribution in [0.5, 0.6) is 5.75 Å². The maximum Gasteiger partial charge on any atom is 0.340 e. The number of nitrogens with zero attached hydrogens (tertiary/aromatic N) is 1. The van der Waals surface area contributed by atoms with E-state index in [9.17, 15) is 24.6 Å². The average molecular weight is 455 g/mol. The van der Waals surface area contributed by atoms with E-state index in [4.69, 9.17) is 16.0 Å². The highest BCUT2D eigenvalue weighted by atomic mass is 35.5. The van der Waals surface area contributed by atoms with Gasteiger partial charge in [0.25, 0.3) is 0 Å². The maximum atomic E-state index is 13.0. The molecule has 8 heteroatoms. The van der Waals surface area contributed by atoms with Gasteiger partial charge in [-0.3, -0.25) is 4.79 Å². The van der Waals surface area contributed by atoms with Crippen molar-refractivity contribution in [3.05, 3.63) is 74.6 Å². The van der Waals surface area contributed by atoms with E-state index in [-0.39, 0.29) is 60.2 Å². The second-order valence-electron chi connectivity index (χ2n) is 8.09. The van der Waals surface area contributed by atoms with Crippen molar-refractivity contribution < 1.29 is 24.2 Å². The number of aryl methyl sites for hydroxylation is 1. The standard InChI is InChI=1S/C24H22ClNO6/c1-14-16-11-18(25)19(27)13-20(16)32-22(29)17(14)12-21(28)26-9-7-24(8-10-26,23(30)31)15-5-3-2-4-6-15/h2-6,11,13,27H,7-10,12H2,1H3,(H,30,31)/p-1. The molecule has 1 amide bonds. The Kier molecular flexibility index (Phi) is 5.69. The number of carboxylic acids is 1. The molecular weight excluding hydrogens is 434 g/mol. The number of carboxylic acid groups (broad SMARTS) is 1. The van der Waals surface area contributed by atoms with Crippen LogP contribution in [0.15, 0.2) is 51.7 Å². The first-order valence-corrected chi connectivity index (χ1v) is 10.6. The number of hydrogen-bond acceptors (Lipinski definition) is 6. The highest BCUT2D eigenvalue weighted by Crippen LogP contribution is 2.35. The Balaban J connectivity index is 1.56. The average Bonchev–Trinajstić information content (AvgIpc) is 2.78. The van der Waals surface area contributed by atoms with E-state index in [1.807, 2.05) is 6.07 Å². The van der Waals surface area contributed by atoms with Gasteiger partial charge in [-0.05, 0) is 37.0 Å². The monoisotopic (exact) mass is 454 g/mol. The Bertz CT molecular complexity index is 1260. The third-order valence-corrected chi connectivity index (χ3v) is 6.67. The minimum absolute atomic E-state index is 0.113. The SMILES string of the molecule is Cc1c(CC(=O)N2CCC(C(=O)[O-])(c3ccccc3)CC2)c(=O)oc2cc(O)c(Cl)cc12. The molecule has 32 heavy (non-hydrogen) atoms. The summed E-state index contributed by atoms with van der Waals surface area (Å²) in [5.41, 5.74) is -0.186. The molecule has 0 unspecified atom stereocenters. The van der Waals surface area contributed by atoms with Crippen LogP contribution in [-0.4, -0.2) is 35.0 Å². The van der Waals surface area contributed by atoms with E-state index in [2.05, 4.69) is 0 Å². The molecule has 0 aliphatic carbocycles. The first-order valence-electron chi connectivity index (χ1n) is 10.2. The Labute approximate surface area is 188 Å². The normalized spacial score (nSPS) is 15.6. The zero-order valence-electron chi connectivity index (χ0n) is 17.4. The number of rotatable bonds is 4. The largest absolute Gasteiger partial charge is 0.549 e. The molecule has 0 bridgehead atoms. The van der Waals surface area contributed by atoms with Crippen molar-refractivity contribution in [3.8, 4) is 5.75 Å². The lowest BCUT2D eigenvalue weighted by Crippen LogP contribution is -2.54. The van der Waals surface area contributed by atoms with Crippen molar-refractivity contribution in [1.29, 1.82) is 0 Å². The van der Waals surface area contributed by atoms with Crippen LogP contribution in [0.4, 0.5) is 0 Å². The Morgan fingerprint density at radius 2 is 1.84 bits per heavy atom. The van der Waals surface area contributed by atoms with E-state index >= 15 is 0 Å². The number of phenols is 1. The number of benzene rings is 2. The number of halogens is 1. The number of carbonyl (C=O) groups excluding carboxylic acids is 2. The molecule has 1 aromatic heterocycles. The van der Waals surface area contributed by atoms with Gasteiger partial charge in [-0.1, -0.05) is 41.9 Å². The number of likely N-dealkylation sites (tertiary alicyclic amines) is 1. The second-order valence-corrected chi connectivity index (χ2v) is 8.49. The molecule has 2 aromatic carbocycles.